The monoisotopic (exact) mass is 356 g/mol. The molecule has 6 nitrogen and oxygen atoms in total. The first-order valence-electron chi connectivity index (χ1n) is 8.60. The van der Waals surface area contributed by atoms with Gasteiger partial charge in [0.2, 0.25) is 11.8 Å². The Kier molecular flexibility index (Phi) is 5.30. The lowest BCUT2D eigenvalue weighted by Crippen LogP contribution is -2.37. The summed E-state index contributed by atoms with van der Waals surface area (Å²) in [7, 11) is 3.21. The lowest BCUT2D eigenvalue weighted by Gasteiger charge is -2.25. The zero-order valence-electron chi connectivity index (χ0n) is 15.6. The second-order valence-corrected chi connectivity index (χ2v) is 6.47. The fourth-order valence-electron chi connectivity index (χ4n) is 3.18. The summed E-state index contributed by atoms with van der Waals surface area (Å²) in [4.78, 5) is 17.0. The summed E-state index contributed by atoms with van der Waals surface area (Å²) in [5, 5.41) is 2.99. The molecular formula is C20H24N2O4. The van der Waals surface area contributed by atoms with Gasteiger partial charge in [-0.25, -0.2) is 4.98 Å². The summed E-state index contributed by atoms with van der Waals surface area (Å²) in [5.41, 5.74) is 3.85. The predicted octanol–water partition coefficient (Wildman–Crippen LogP) is 2.58. The van der Waals surface area contributed by atoms with Crippen LogP contribution in [0.4, 0.5) is 0 Å². The summed E-state index contributed by atoms with van der Waals surface area (Å²) in [6.07, 6.45) is 0.646. The van der Waals surface area contributed by atoms with Crippen LogP contribution in [0.25, 0.3) is 0 Å². The summed E-state index contributed by atoms with van der Waals surface area (Å²) >= 11 is 0. The van der Waals surface area contributed by atoms with Crippen molar-refractivity contribution in [1.29, 1.82) is 0 Å². The number of fused-ring (bicyclic) bond motifs is 1. The quantitative estimate of drug-likeness (QED) is 0.892. The molecule has 2 aromatic rings. The number of benzene rings is 1. The van der Waals surface area contributed by atoms with Gasteiger partial charge in [-0.15, -0.1) is 0 Å². The van der Waals surface area contributed by atoms with E-state index in [0.29, 0.717) is 25.5 Å². The minimum absolute atomic E-state index is 0.0338. The molecule has 6 heteroatoms. The minimum atomic E-state index is -0.222. The van der Waals surface area contributed by atoms with Crippen LogP contribution in [0.3, 0.4) is 0 Å². The maximum atomic E-state index is 12.6. The Morgan fingerprint density at radius 1 is 1.27 bits per heavy atom. The van der Waals surface area contributed by atoms with Crippen molar-refractivity contribution >= 4 is 5.91 Å². The maximum Gasteiger partial charge on any atom is 0.227 e. The second-order valence-electron chi connectivity index (χ2n) is 6.47. The van der Waals surface area contributed by atoms with Crippen molar-refractivity contribution < 1.29 is 19.0 Å². The third-order valence-electron chi connectivity index (χ3n) is 4.62. The van der Waals surface area contributed by atoms with Gasteiger partial charge in [-0.05, 0) is 43.5 Å². The van der Waals surface area contributed by atoms with Gasteiger partial charge in [0.05, 0.1) is 20.1 Å². The smallest absolute Gasteiger partial charge is 0.227 e. The fraction of sp³-hybridized carbons (Fsp3) is 0.400. The van der Waals surface area contributed by atoms with Crippen molar-refractivity contribution in [1.82, 2.24) is 10.3 Å². The molecule has 3 rings (SSSR count). The van der Waals surface area contributed by atoms with Crippen LogP contribution in [0.2, 0.25) is 0 Å². The molecule has 0 fully saturated rings. The van der Waals surface area contributed by atoms with Gasteiger partial charge in [0, 0.05) is 23.9 Å². The van der Waals surface area contributed by atoms with Gasteiger partial charge in [-0.2, -0.15) is 0 Å². The molecule has 0 saturated heterocycles. The van der Waals surface area contributed by atoms with E-state index in [-0.39, 0.29) is 11.8 Å². The Bertz CT molecular complexity index is 820. The van der Waals surface area contributed by atoms with Crippen molar-refractivity contribution in [3.8, 4) is 17.4 Å². The number of pyridine rings is 1. The molecule has 1 aliphatic heterocycles. The van der Waals surface area contributed by atoms with Crippen LogP contribution < -0.4 is 19.5 Å². The summed E-state index contributed by atoms with van der Waals surface area (Å²) in [6, 6.07) is 7.67. The lowest BCUT2D eigenvalue weighted by molar-refractivity contribution is -0.126. The van der Waals surface area contributed by atoms with Crippen LogP contribution in [0.1, 0.15) is 22.4 Å². The number of aromatic nitrogens is 1. The van der Waals surface area contributed by atoms with Crippen LogP contribution in [0.15, 0.2) is 24.3 Å². The van der Waals surface area contributed by atoms with Crippen molar-refractivity contribution in [2.45, 2.75) is 26.8 Å². The molecule has 26 heavy (non-hydrogen) atoms. The Balaban J connectivity index is 1.66. The molecule has 1 N–H and O–H groups in total. The first-order valence-corrected chi connectivity index (χ1v) is 8.60. The van der Waals surface area contributed by atoms with E-state index in [9.17, 15) is 4.79 Å². The number of rotatable bonds is 5. The summed E-state index contributed by atoms with van der Waals surface area (Å²) < 4.78 is 16.3. The van der Waals surface area contributed by atoms with E-state index in [0.717, 1.165) is 33.9 Å². The van der Waals surface area contributed by atoms with E-state index in [1.807, 2.05) is 38.1 Å². The Labute approximate surface area is 153 Å². The van der Waals surface area contributed by atoms with E-state index in [1.54, 1.807) is 14.2 Å². The highest BCUT2D eigenvalue weighted by Crippen LogP contribution is 2.31. The molecule has 1 unspecified atom stereocenters. The van der Waals surface area contributed by atoms with Gasteiger partial charge in [0.25, 0.3) is 0 Å². The average Bonchev–Trinajstić information content (AvgIpc) is 2.65. The van der Waals surface area contributed by atoms with Crippen molar-refractivity contribution in [2.24, 2.45) is 5.92 Å². The fourth-order valence-corrected chi connectivity index (χ4v) is 3.18. The molecule has 1 atom stereocenters. The number of nitrogens with zero attached hydrogens (tertiary/aromatic N) is 1. The van der Waals surface area contributed by atoms with Crippen molar-refractivity contribution in [3.63, 3.8) is 0 Å². The van der Waals surface area contributed by atoms with E-state index in [4.69, 9.17) is 14.2 Å². The Morgan fingerprint density at radius 3 is 2.81 bits per heavy atom. The molecular weight excluding hydrogens is 332 g/mol. The van der Waals surface area contributed by atoms with Crippen molar-refractivity contribution in [2.75, 3.05) is 20.8 Å². The summed E-state index contributed by atoms with van der Waals surface area (Å²) in [6.45, 7) is 4.65. The van der Waals surface area contributed by atoms with Gasteiger partial charge in [0.1, 0.15) is 18.1 Å². The molecule has 1 amide bonds. The van der Waals surface area contributed by atoms with Gasteiger partial charge in [-0.3, -0.25) is 4.79 Å². The van der Waals surface area contributed by atoms with Gasteiger partial charge < -0.3 is 19.5 Å². The lowest BCUT2D eigenvalue weighted by atomic mass is 9.95. The molecule has 1 aromatic carbocycles. The highest BCUT2D eigenvalue weighted by atomic mass is 16.5. The SMILES string of the molecule is COc1ccc2c(c1)OCC(C(=O)NCc1c(C)cc(C)nc1OC)C2. The maximum absolute atomic E-state index is 12.6. The van der Waals surface area contributed by atoms with E-state index < -0.39 is 0 Å². The van der Waals surface area contributed by atoms with Crippen LogP contribution in [-0.2, 0) is 17.8 Å². The van der Waals surface area contributed by atoms with Gasteiger partial charge in [0.15, 0.2) is 0 Å². The van der Waals surface area contributed by atoms with Crippen LogP contribution in [0, 0.1) is 19.8 Å². The third-order valence-corrected chi connectivity index (χ3v) is 4.62. The first-order chi connectivity index (χ1) is 12.5. The number of carbonyl (C=O) groups excluding carboxylic acids is 1. The number of hydrogen-bond donors (Lipinski definition) is 1. The molecule has 138 valence electrons. The highest BCUT2D eigenvalue weighted by molar-refractivity contribution is 5.79. The third kappa shape index (κ3) is 3.74. The zero-order chi connectivity index (χ0) is 18.7. The highest BCUT2D eigenvalue weighted by Gasteiger charge is 2.26. The number of ether oxygens (including phenoxy) is 3. The Morgan fingerprint density at radius 2 is 2.08 bits per heavy atom. The standard InChI is InChI=1S/C20H24N2O4/c1-12-7-13(2)22-20(25-4)17(12)10-21-19(23)15-8-14-5-6-16(24-3)9-18(14)26-11-15/h5-7,9,15H,8,10-11H2,1-4H3,(H,21,23). The number of nitrogens with one attached hydrogen (secondary N) is 1. The molecule has 0 saturated carbocycles. The van der Waals surface area contributed by atoms with Crippen molar-refractivity contribution in [3.05, 3.63) is 46.6 Å². The molecule has 0 aliphatic carbocycles. The zero-order valence-corrected chi connectivity index (χ0v) is 15.6. The van der Waals surface area contributed by atoms with Crippen LogP contribution >= 0.6 is 0 Å². The number of aryl methyl sites for hydroxylation is 2. The summed E-state index contributed by atoms with van der Waals surface area (Å²) in [5.74, 6) is 1.84. The van der Waals surface area contributed by atoms with Gasteiger partial charge in [-0.1, -0.05) is 6.07 Å². The Hall–Kier alpha value is -2.76. The largest absolute Gasteiger partial charge is 0.497 e. The van der Waals surface area contributed by atoms with Crippen LogP contribution in [-0.4, -0.2) is 31.7 Å². The minimum Gasteiger partial charge on any atom is -0.497 e. The first kappa shape index (κ1) is 18.0. The molecule has 0 spiro atoms. The van der Waals surface area contributed by atoms with Crippen LogP contribution in [0.5, 0.6) is 17.4 Å². The van der Waals surface area contributed by atoms with E-state index in [2.05, 4.69) is 10.3 Å². The molecule has 2 heterocycles. The van der Waals surface area contributed by atoms with E-state index >= 15 is 0 Å². The normalized spacial score (nSPS) is 15.6. The topological polar surface area (TPSA) is 69.7 Å². The molecule has 1 aliphatic rings. The number of methoxy groups -OCH3 is 2. The molecule has 0 radical (unpaired) electrons. The number of carbonyl (C=O) groups is 1. The number of amides is 1. The average molecular weight is 356 g/mol. The predicted molar refractivity (Wildman–Crippen MR) is 97.8 cm³/mol. The molecule has 1 aromatic heterocycles. The molecule has 0 bridgehead atoms. The second kappa shape index (κ2) is 7.64. The number of hydrogen-bond acceptors (Lipinski definition) is 5. The van der Waals surface area contributed by atoms with Gasteiger partial charge >= 0.3 is 0 Å². The van der Waals surface area contributed by atoms with E-state index in [1.165, 1.54) is 0 Å².